The summed E-state index contributed by atoms with van der Waals surface area (Å²) >= 11 is 0. The zero-order valence-electron chi connectivity index (χ0n) is 18.9. The van der Waals surface area contributed by atoms with Gasteiger partial charge in [0, 0.05) is 13.2 Å². The number of carbonyl (C=O) groups is 1. The molecule has 2 atom stereocenters. The highest BCUT2D eigenvalue weighted by atomic mass is 16.5. The second-order valence-corrected chi connectivity index (χ2v) is 8.79. The topological polar surface area (TPSA) is 69.0 Å². The number of benzene rings is 2. The Balaban J connectivity index is 1.57. The molecule has 0 aliphatic carbocycles. The minimum absolute atomic E-state index is 0.0382. The van der Waals surface area contributed by atoms with Gasteiger partial charge in [-0.05, 0) is 49.1 Å². The first kappa shape index (κ1) is 21.7. The number of carbonyl (C=O) groups excluding carboxylic acids is 1. The van der Waals surface area contributed by atoms with Gasteiger partial charge in [-0.3, -0.25) is 9.59 Å². The number of para-hydroxylation sites is 1. The number of amides is 1. The van der Waals surface area contributed by atoms with Crippen molar-refractivity contribution in [3.05, 3.63) is 75.6 Å². The predicted molar refractivity (Wildman–Crippen MR) is 126 cm³/mol. The molecule has 1 saturated heterocycles. The Labute approximate surface area is 193 Å². The molecule has 6 heteroatoms. The molecule has 2 aromatic carbocycles. The molecule has 2 aliphatic rings. The zero-order chi connectivity index (χ0) is 22.8. The molecule has 0 saturated carbocycles. The largest absolute Gasteiger partial charge is 0.494 e. The predicted octanol–water partition coefficient (Wildman–Crippen LogP) is 5.09. The molecule has 0 radical (unpaired) electrons. The fourth-order valence-corrected chi connectivity index (χ4v) is 4.83. The van der Waals surface area contributed by atoms with E-state index in [0.29, 0.717) is 36.3 Å². The van der Waals surface area contributed by atoms with Gasteiger partial charge in [0.25, 0.3) is 5.91 Å². The third-order valence-corrected chi connectivity index (χ3v) is 6.49. The Morgan fingerprint density at radius 3 is 2.79 bits per heavy atom. The first-order valence-corrected chi connectivity index (χ1v) is 11.9. The van der Waals surface area contributed by atoms with Crippen LogP contribution in [0.15, 0.2) is 57.7 Å². The van der Waals surface area contributed by atoms with Gasteiger partial charge >= 0.3 is 0 Å². The van der Waals surface area contributed by atoms with Crippen LogP contribution in [0.3, 0.4) is 0 Å². The van der Waals surface area contributed by atoms with E-state index in [1.54, 1.807) is 23.1 Å². The van der Waals surface area contributed by atoms with E-state index in [9.17, 15) is 9.59 Å². The van der Waals surface area contributed by atoms with Crippen molar-refractivity contribution >= 4 is 16.9 Å². The van der Waals surface area contributed by atoms with Crippen LogP contribution in [0.5, 0.6) is 5.75 Å². The van der Waals surface area contributed by atoms with Gasteiger partial charge in [0.05, 0.1) is 29.7 Å². The average molecular weight is 448 g/mol. The fraction of sp³-hybridized carbons (Fsp3) is 0.407. The summed E-state index contributed by atoms with van der Waals surface area (Å²) in [5.41, 5.74) is 1.52. The van der Waals surface area contributed by atoms with E-state index in [1.165, 1.54) is 0 Å². The van der Waals surface area contributed by atoms with Crippen LogP contribution in [-0.4, -0.2) is 36.7 Å². The van der Waals surface area contributed by atoms with Crippen molar-refractivity contribution in [2.45, 2.75) is 51.2 Å². The molecule has 1 amide bonds. The summed E-state index contributed by atoms with van der Waals surface area (Å²) in [6.07, 6.45) is 5.08. The first-order chi connectivity index (χ1) is 16.2. The highest BCUT2D eigenvalue weighted by molar-refractivity contribution is 5.99. The Kier molecular flexibility index (Phi) is 6.18. The van der Waals surface area contributed by atoms with Crippen molar-refractivity contribution < 1.29 is 18.7 Å². The van der Waals surface area contributed by atoms with Crippen LogP contribution in [-0.2, 0) is 4.74 Å². The number of fused-ring (bicyclic) bond motifs is 2. The minimum atomic E-state index is -0.531. The molecule has 33 heavy (non-hydrogen) atoms. The minimum Gasteiger partial charge on any atom is -0.494 e. The number of ether oxygens (including phenoxy) is 2. The molecule has 172 valence electrons. The maximum Gasteiger partial charge on any atom is 0.291 e. The first-order valence-electron chi connectivity index (χ1n) is 11.9. The van der Waals surface area contributed by atoms with Crippen LogP contribution < -0.4 is 10.2 Å². The van der Waals surface area contributed by atoms with Gasteiger partial charge in [0.1, 0.15) is 11.3 Å². The molecule has 2 unspecified atom stereocenters. The van der Waals surface area contributed by atoms with Gasteiger partial charge in [-0.15, -0.1) is 0 Å². The average Bonchev–Trinajstić information content (AvgIpc) is 3.45. The molecule has 3 aromatic rings. The summed E-state index contributed by atoms with van der Waals surface area (Å²) in [4.78, 5) is 28.8. The molecule has 0 N–H and O–H groups in total. The quantitative estimate of drug-likeness (QED) is 0.450. The van der Waals surface area contributed by atoms with E-state index < -0.39 is 6.04 Å². The van der Waals surface area contributed by atoms with E-state index in [1.807, 2.05) is 30.3 Å². The summed E-state index contributed by atoms with van der Waals surface area (Å²) in [7, 11) is 0. The molecule has 1 fully saturated rings. The molecule has 5 rings (SSSR count). The molecule has 1 aromatic heterocycles. The monoisotopic (exact) mass is 447 g/mol. The van der Waals surface area contributed by atoms with Gasteiger partial charge in [0.15, 0.2) is 5.43 Å². The van der Waals surface area contributed by atoms with Gasteiger partial charge < -0.3 is 18.8 Å². The molecular weight excluding hydrogens is 418 g/mol. The van der Waals surface area contributed by atoms with E-state index >= 15 is 0 Å². The maximum atomic E-state index is 13.6. The van der Waals surface area contributed by atoms with Crippen molar-refractivity contribution in [1.29, 1.82) is 0 Å². The summed E-state index contributed by atoms with van der Waals surface area (Å²) < 4.78 is 17.8. The van der Waals surface area contributed by atoms with Crippen LogP contribution in [0, 0.1) is 0 Å². The van der Waals surface area contributed by atoms with Crippen LogP contribution in [0.4, 0.5) is 0 Å². The van der Waals surface area contributed by atoms with Crippen molar-refractivity contribution in [2.75, 3.05) is 19.8 Å². The van der Waals surface area contributed by atoms with Crippen LogP contribution >= 0.6 is 0 Å². The van der Waals surface area contributed by atoms with Crippen molar-refractivity contribution in [1.82, 2.24) is 4.90 Å². The molecule has 0 spiro atoms. The third kappa shape index (κ3) is 4.15. The number of hydrogen-bond acceptors (Lipinski definition) is 5. The zero-order valence-corrected chi connectivity index (χ0v) is 18.9. The van der Waals surface area contributed by atoms with E-state index in [-0.39, 0.29) is 23.2 Å². The Morgan fingerprint density at radius 2 is 1.97 bits per heavy atom. The van der Waals surface area contributed by atoms with Gasteiger partial charge in [0.2, 0.25) is 5.76 Å². The summed E-state index contributed by atoms with van der Waals surface area (Å²) in [5, 5.41) is 0.486. The SMILES string of the molecule is CCCCCOc1cccc(C2c3c(oc4ccccc4c3=O)C(=O)N2CC2CCCO2)c1. The molecule has 0 bridgehead atoms. The normalized spacial score (nSPS) is 19.9. The lowest BCUT2D eigenvalue weighted by molar-refractivity contribution is 0.0486. The number of unbranched alkanes of at least 4 members (excludes halogenated alkanes) is 2. The lowest BCUT2D eigenvalue weighted by Gasteiger charge is -2.27. The van der Waals surface area contributed by atoms with Crippen molar-refractivity contribution in [3.63, 3.8) is 0 Å². The molecule has 3 heterocycles. The van der Waals surface area contributed by atoms with E-state index in [0.717, 1.165) is 43.4 Å². The van der Waals surface area contributed by atoms with Gasteiger partial charge in [-0.25, -0.2) is 0 Å². The number of nitrogens with zero attached hydrogens (tertiary/aromatic N) is 1. The third-order valence-electron chi connectivity index (χ3n) is 6.49. The number of hydrogen-bond donors (Lipinski definition) is 0. The Morgan fingerprint density at radius 1 is 1.09 bits per heavy atom. The van der Waals surface area contributed by atoms with Gasteiger partial charge in [-0.1, -0.05) is 44.0 Å². The van der Waals surface area contributed by atoms with Crippen LogP contribution in [0.1, 0.15) is 66.8 Å². The summed E-state index contributed by atoms with van der Waals surface area (Å²) in [6.45, 7) is 3.93. The summed E-state index contributed by atoms with van der Waals surface area (Å²) in [6, 6.07) is 14.3. The maximum absolute atomic E-state index is 13.6. The van der Waals surface area contributed by atoms with Crippen LogP contribution in [0.25, 0.3) is 11.0 Å². The summed E-state index contributed by atoms with van der Waals surface area (Å²) in [5.74, 6) is 0.616. The van der Waals surface area contributed by atoms with E-state index in [4.69, 9.17) is 13.9 Å². The molecule has 2 aliphatic heterocycles. The fourth-order valence-electron chi connectivity index (χ4n) is 4.83. The Hall–Kier alpha value is -3.12. The van der Waals surface area contributed by atoms with Crippen LogP contribution in [0.2, 0.25) is 0 Å². The second-order valence-electron chi connectivity index (χ2n) is 8.79. The Bertz CT molecular complexity index is 1210. The van der Waals surface area contributed by atoms with Crippen molar-refractivity contribution in [2.24, 2.45) is 0 Å². The lowest BCUT2D eigenvalue weighted by atomic mass is 9.98. The molecular formula is C27H29NO5. The highest BCUT2D eigenvalue weighted by Crippen LogP contribution is 2.39. The smallest absolute Gasteiger partial charge is 0.291 e. The number of rotatable bonds is 8. The van der Waals surface area contributed by atoms with E-state index in [2.05, 4.69) is 6.92 Å². The standard InChI is InChI=1S/C27H29NO5/c1-2-3-6-14-31-19-10-7-9-18(16-19)24-23-25(29)21-12-4-5-13-22(21)33-26(23)27(30)28(24)17-20-11-8-15-32-20/h4-5,7,9-10,12-13,16,20,24H,2-3,6,8,11,14-15,17H2,1H3. The van der Waals surface area contributed by atoms with Crippen molar-refractivity contribution in [3.8, 4) is 5.75 Å². The second kappa shape index (κ2) is 9.40. The molecule has 6 nitrogen and oxygen atoms in total. The lowest BCUT2D eigenvalue weighted by Crippen LogP contribution is -2.36. The highest BCUT2D eigenvalue weighted by Gasteiger charge is 2.44. The van der Waals surface area contributed by atoms with Gasteiger partial charge in [-0.2, -0.15) is 0 Å².